The maximum absolute atomic E-state index is 12.2. The summed E-state index contributed by atoms with van der Waals surface area (Å²) in [4.78, 5) is 14.3. The number of hydrogen-bond acceptors (Lipinski definition) is 5. The second-order valence-corrected chi connectivity index (χ2v) is 5.26. The molecule has 0 spiro atoms. The van der Waals surface area contributed by atoms with Crippen molar-refractivity contribution in [1.29, 1.82) is 0 Å². The van der Waals surface area contributed by atoms with Crippen LogP contribution in [-0.4, -0.2) is 37.4 Å². The summed E-state index contributed by atoms with van der Waals surface area (Å²) >= 11 is 0. The van der Waals surface area contributed by atoms with E-state index in [-0.39, 0.29) is 11.9 Å². The number of amides is 1. The van der Waals surface area contributed by atoms with Gasteiger partial charge in [0.2, 0.25) is 5.88 Å². The molecule has 3 rings (SSSR count). The third-order valence-electron chi connectivity index (χ3n) is 3.70. The summed E-state index contributed by atoms with van der Waals surface area (Å²) in [5, 5.41) is 6.79. The average molecular weight is 301 g/mol. The van der Waals surface area contributed by atoms with Crippen molar-refractivity contribution in [1.82, 2.24) is 10.5 Å². The van der Waals surface area contributed by atoms with Crippen molar-refractivity contribution in [3.63, 3.8) is 0 Å². The molecule has 1 atom stereocenters. The number of rotatable bonds is 4. The molecule has 0 aliphatic carbocycles. The molecule has 1 amide bonds. The third kappa shape index (κ3) is 3.28. The molecule has 2 aromatic rings. The second kappa shape index (κ2) is 6.62. The van der Waals surface area contributed by atoms with E-state index in [0.29, 0.717) is 24.8 Å². The Kier molecular flexibility index (Phi) is 4.39. The van der Waals surface area contributed by atoms with E-state index in [2.05, 4.69) is 10.5 Å². The van der Waals surface area contributed by atoms with Crippen molar-refractivity contribution in [3.8, 4) is 0 Å². The van der Waals surface area contributed by atoms with Crippen LogP contribution in [0.25, 0.3) is 0 Å². The summed E-state index contributed by atoms with van der Waals surface area (Å²) < 4.78 is 10.6. The maximum Gasteiger partial charge on any atom is 0.274 e. The van der Waals surface area contributed by atoms with Crippen LogP contribution in [0.15, 0.2) is 40.9 Å². The number of ether oxygens (including phenoxy) is 1. The highest BCUT2D eigenvalue weighted by molar-refractivity contribution is 5.93. The lowest BCUT2D eigenvalue weighted by molar-refractivity contribution is 0.0930. The molecule has 1 saturated heterocycles. The van der Waals surface area contributed by atoms with Crippen LogP contribution < -0.4 is 10.2 Å². The predicted molar refractivity (Wildman–Crippen MR) is 81.9 cm³/mol. The van der Waals surface area contributed by atoms with Gasteiger partial charge >= 0.3 is 0 Å². The van der Waals surface area contributed by atoms with Crippen LogP contribution in [0.3, 0.4) is 0 Å². The number of carbonyl (C=O) groups is 1. The number of nitrogens with zero attached hydrogens (tertiary/aromatic N) is 2. The first-order valence-corrected chi connectivity index (χ1v) is 7.39. The highest BCUT2D eigenvalue weighted by Crippen LogP contribution is 2.18. The van der Waals surface area contributed by atoms with Crippen LogP contribution >= 0.6 is 0 Å². The van der Waals surface area contributed by atoms with Gasteiger partial charge in [-0.1, -0.05) is 35.5 Å². The number of anilines is 1. The van der Waals surface area contributed by atoms with Gasteiger partial charge in [0.15, 0.2) is 5.69 Å². The van der Waals surface area contributed by atoms with Gasteiger partial charge in [-0.2, -0.15) is 0 Å². The normalized spacial score (nSPS) is 16.3. The van der Waals surface area contributed by atoms with Crippen LogP contribution in [0, 0.1) is 0 Å². The Labute approximate surface area is 129 Å². The first-order valence-electron chi connectivity index (χ1n) is 7.39. The minimum absolute atomic E-state index is 0.0859. The van der Waals surface area contributed by atoms with Crippen molar-refractivity contribution >= 4 is 11.8 Å². The number of nitrogens with one attached hydrogen (secondary N) is 1. The minimum Gasteiger partial charge on any atom is -0.378 e. The lowest BCUT2D eigenvalue weighted by Gasteiger charge is -2.25. The number of benzene rings is 1. The van der Waals surface area contributed by atoms with Gasteiger partial charge in [-0.15, -0.1) is 0 Å². The average Bonchev–Trinajstić information content (AvgIpc) is 3.06. The molecule has 6 heteroatoms. The van der Waals surface area contributed by atoms with E-state index in [1.807, 2.05) is 42.2 Å². The Morgan fingerprint density at radius 3 is 2.73 bits per heavy atom. The molecule has 0 saturated carbocycles. The molecule has 1 unspecified atom stereocenters. The van der Waals surface area contributed by atoms with Crippen LogP contribution in [-0.2, 0) is 4.74 Å². The van der Waals surface area contributed by atoms with Gasteiger partial charge in [-0.3, -0.25) is 4.79 Å². The van der Waals surface area contributed by atoms with Crippen LogP contribution in [0.2, 0.25) is 0 Å². The summed E-state index contributed by atoms with van der Waals surface area (Å²) in [6.45, 7) is 4.75. The van der Waals surface area contributed by atoms with Crippen molar-refractivity contribution in [2.24, 2.45) is 0 Å². The topological polar surface area (TPSA) is 67.6 Å². The number of carbonyl (C=O) groups excluding carboxylic acids is 1. The molecular weight excluding hydrogens is 282 g/mol. The lowest BCUT2D eigenvalue weighted by atomic mass is 10.1. The Bertz CT molecular complexity index is 621. The Morgan fingerprint density at radius 1 is 1.27 bits per heavy atom. The molecule has 1 fully saturated rings. The van der Waals surface area contributed by atoms with E-state index < -0.39 is 0 Å². The van der Waals surface area contributed by atoms with Gasteiger partial charge < -0.3 is 19.5 Å². The number of hydrogen-bond donors (Lipinski definition) is 1. The van der Waals surface area contributed by atoms with E-state index >= 15 is 0 Å². The van der Waals surface area contributed by atoms with Crippen molar-refractivity contribution in [3.05, 3.63) is 47.7 Å². The fraction of sp³-hybridized carbons (Fsp3) is 0.375. The fourth-order valence-corrected chi connectivity index (χ4v) is 2.40. The standard InChI is InChI=1S/C16H19N3O3/c1-12(13-5-3-2-4-6-13)17-16(20)14-11-15(22-18-14)19-7-9-21-10-8-19/h2-6,11-12H,7-10H2,1H3,(H,17,20). The molecular formula is C16H19N3O3. The second-order valence-electron chi connectivity index (χ2n) is 5.26. The van der Waals surface area contributed by atoms with E-state index in [9.17, 15) is 4.79 Å². The molecule has 6 nitrogen and oxygen atoms in total. The summed E-state index contributed by atoms with van der Waals surface area (Å²) in [6, 6.07) is 11.4. The van der Waals surface area contributed by atoms with Crippen LogP contribution in [0.1, 0.15) is 29.0 Å². The van der Waals surface area contributed by atoms with Crippen molar-refractivity contribution in [2.45, 2.75) is 13.0 Å². The van der Waals surface area contributed by atoms with Crippen molar-refractivity contribution < 1.29 is 14.1 Å². The van der Waals surface area contributed by atoms with Gasteiger partial charge in [-0.05, 0) is 12.5 Å². The van der Waals surface area contributed by atoms with Crippen LogP contribution in [0.4, 0.5) is 5.88 Å². The highest BCUT2D eigenvalue weighted by Gasteiger charge is 2.20. The molecule has 2 heterocycles. The van der Waals surface area contributed by atoms with Crippen molar-refractivity contribution in [2.75, 3.05) is 31.2 Å². The monoisotopic (exact) mass is 301 g/mol. The zero-order valence-corrected chi connectivity index (χ0v) is 12.5. The first-order chi connectivity index (χ1) is 10.7. The highest BCUT2D eigenvalue weighted by atomic mass is 16.5. The molecule has 1 aromatic carbocycles. The summed E-state index contributed by atoms with van der Waals surface area (Å²) in [5.41, 5.74) is 1.34. The molecule has 1 aliphatic heterocycles. The summed E-state index contributed by atoms with van der Waals surface area (Å²) in [6.07, 6.45) is 0. The molecule has 1 N–H and O–H groups in total. The van der Waals surface area contributed by atoms with Gasteiger partial charge in [-0.25, -0.2) is 0 Å². The van der Waals surface area contributed by atoms with E-state index in [1.165, 1.54) is 0 Å². The zero-order valence-electron chi connectivity index (χ0n) is 12.5. The molecule has 116 valence electrons. The summed E-state index contributed by atoms with van der Waals surface area (Å²) in [5.74, 6) is 0.375. The zero-order chi connectivity index (χ0) is 15.4. The summed E-state index contributed by atoms with van der Waals surface area (Å²) in [7, 11) is 0. The molecule has 22 heavy (non-hydrogen) atoms. The van der Waals surface area contributed by atoms with Gasteiger partial charge in [0.1, 0.15) is 0 Å². The van der Waals surface area contributed by atoms with Gasteiger partial charge in [0.25, 0.3) is 5.91 Å². The van der Waals surface area contributed by atoms with Crippen LogP contribution in [0.5, 0.6) is 0 Å². The minimum atomic E-state index is -0.236. The smallest absolute Gasteiger partial charge is 0.274 e. The predicted octanol–water partition coefficient (Wildman–Crippen LogP) is 2.00. The van der Waals surface area contributed by atoms with Gasteiger partial charge in [0.05, 0.1) is 19.3 Å². The first kappa shape index (κ1) is 14.6. The number of aromatic nitrogens is 1. The lowest BCUT2D eigenvalue weighted by Crippen LogP contribution is -2.35. The molecule has 1 aliphatic rings. The van der Waals surface area contributed by atoms with E-state index in [0.717, 1.165) is 18.7 Å². The van der Waals surface area contributed by atoms with E-state index in [1.54, 1.807) is 6.07 Å². The Morgan fingerprint density at radius 2 is 2.00 bits per heavy atom. The number of morpholine rings is 1. The SMILES string of the molecule is CC(NC(=O)c1cc(N2CCOCC2)on1)c1ccccc1. The van der Waals surface area contributed by atoms with Gasteiger partial charge in [0, 0.05) is 19.2 Å². The van der Waals surface area contributed by atoms with E-state index in [4.69, 9.17) is 9.26 Å². The Hall–Kier alpha value is -2.34. The molecule has 0 bridgehead atoms. The largest absolute Gasteiger partial charge is 0.378 e. The quantitative estimate of drug-likeness (QED) is 0.935. The maximum atomic E-state index is 12.2. The molecule has 1 aromatic heterocycles. The Balaban J connectivity index is 1.64. The molecule has 0 radical (unpaired) electrons. The third-order valence-corrected chi connectivity index (χ3v) is 3.70. The fourth-order valence-electron chi connectivity index (χ4n) is 2.40.